The van der Waals surface area contributed by atoms with Crippen molar-refractivity contribution in [3.05, 3.63) is 0 Å². The molecule has 9 nitrogen and oxygen atoms in total. The molecule has 0 aromatic carbocycles. The summed E-state index contributed by atoms with van der Waals surface area (Å²) in [5, 5.41) is 8.56. The first-order valence-corrected chi connectivity index (χ1v) is 12.8. The fourth-order valence-corrected chi connectivity index (χ4v) is 4.99. The molecule has 2 unspecified atom stereocenters. The second kappa shape index (κ2) is 19.7. The molecule has 0 bridgehead atoms. The fourth-order valence-electron chi connectivity index (χ4n) is 2.32. The first kappa shape index (κ1) is 28.0. The zero-order valence-corrected chi connectivity index (χ0v) is 20.0. The lowest BCUT2D eigenvalue weighted by molar-refractivity contribution is -0.127. The van der Waals surface area contributed by atoms with E-state index in [9.17, 15) is 9.59 Å². The van der Waals surface area contributed by atoms with Gasteiger partial charge in [0.05, 0.1) is 33.0 Å². The van der Waals surface area contributed by atoms with Crippen LogP contribution < -0.4 is 16.0 Å². The number of carbonyl (C=O) groups is 2. The van der Waals surface area contributed by atoms with Gasteiger partial charge in [-0.05, 0) is 26.3 Å². The number of ether oxygens (including phenoxy) is 4. The van der Waals surface area contributed by atoms with Crippen LogP contribution in [0.3, 0.4) is 0 Å². The van der Waals surface area contributed by atoms with Crippen molar-refractivity contribution < 1.29 is 28.5 Å². The Hall–Kier alpha value is -1.00. The average Bonchev–Trinajstić information content (AvgIpc) is 2.77. The molecule has 0 radical (unpaired) electrons. The Morgan fingerprint density at radius 3 is 2.00 bits per heavy atom. The highest BCUT2D eigenvalue weighted by Crippen LogP contribution is 2.41. The molecule has 0 aromatic heterocycles. The third-order valence-corrected chi connectivity index (χ3v) is 6.77. The molecule has 0 aliphatic carbocycles. The molecule has 31 heavy (non-hydrogen) atoms. The molecule has 1 fully saturated rings. The summed E-state index contributed by atoms with van der Waals surface area (Å²) in [6.07, 6.45) is 1.77. The number of hydrogen-bond acceptors (Lipinski definition) is 9. The summed E-state index contributed by atoms with van der Waals surface area (Å²) < 4.78 is 22.2. The van der Waals surface area contributed by atoms with Crippen molar-refractivity contribution in [3.63, 3.8) is 0 Å². The summed E-state index contributed by atoms with van der Waals surface area (Å²) in [7, 11) is 3.28. The van der Waals surface area contributed by atoms with E-state index in [0.29, 0.717) is 39.5 Å². The summed E-state index contributed by atoms with van der Waals surface area (Å²) in [4.78, 5) is 23.0. The van der Waals surface area contributed by atoms with Gasteiger partial charge in [0, 0.05) is 13.1 Å². The highest BCUT2D eigenvalue weighted by Gasteiger charge is 2.23. The smallest absolute Gasteiger partial charge is 0.246 e. The largest absolute Gasteiger partial charge is 0.369 e. The molecule has 1 aliphatic heterocycles. The maximum Gasteiger partial charge on any atom is 0.246 e. The van der Waals surface area contributed by atoms with E-state index >= 15 is 0 Å². The first-order valence-electron chi connectivity index (χ1n) is 10.5. The van der Waals surface area contributed by atoms with Gasteiger partial charge in [-0.2, -0.15) is 0 Å². The van der Waals surface area contributed by atoms with Crippen molar-refractivity contribution in [1.82, 2.24) is 16.0 Å². The lowest BCUT2D eigenvalue weighted by atomic mass is 10.3. The highest BCUT2D eigenvalue weighted by atomic mass is 33.1. The SMILES string of the molecule is CC#CCNC(=O)COCCOC1CCC(OCCOCC(=O)NCCNCC)SS1. The minimum Gasteiger partial charge on any atom is -0.369 e. The van der Waals surface area contributed by atoms with Crippen molar-refractivity contribution in [1.29, 1.82) is 0 Å². The van der Waals surface area contributed by atoms with E-state index in [1.165, 1.54) is 0 Å². The number of hydrogen-bond donors (Lipinski definition) is 3. The van der Waals surface area contributed by atoms with Gasteiger partial charge in [-0.25, -0.2) is 0 Å². The molecule has 1 saturated heterocycles. The molecule has 178 valence electrons. The molecule has 1 heterocycles. The number of rotatable bonds is 17. The van der Waals surface area contributed by atoms with Crippen LogP contribution in [0.5, 0.6) is 0 Å². The first-order chi connectivity index (χ1) is 15.2. The summed E-state index contributed by atoms with van der Waals surface area (Å²) in [6.45, 7) is 8.04. The van der Waals surface area contributed by atoms with E-state index in [2.05, 4.69) is 27.8 Å². The van der Waals surface area contributed by atoms with Crippen LogP contribution in [0.1, 0.15) is 26.7 Å². The Bertz CT molecular complexity index is 551. The van der Waals surface area contributed by atoms with Crippen LogP contribution in [0.15, 0.2) is 0 Å². The van der Waals surface area contributed by atoms with E-state index in [1.54, 1.807) is 28.5 Å². The molecule has 11 heteroatoms. The molecule has 0 aromatic rings. The molecule has 2 atom stereocenters. The summed E-state index contributed by atoms with van der Waals surface area (Å²) in [5.41, 5.74) is 0.179. The minimum absolute atomic E-state index is 0.0109. The van der Waals surface area contributed by atoms with Crippen LogP contribution in [0.2, 0.25) is 0 Å². The zero-order valence-electron chi connectivity index (χ0n) is 18.4. The van der Waals surface area contributed by atoms with Gasteiger partial charge >= 0.3 is 0 Å². The van der Waals surface area contributed by atoms with Gasteiger partial charge in [0.25, 0.3) is 0 Å². The molecular formula is C20H35N3O6S2. The Morgan fingerprint density at radius 2 is 1.48 bits per heavy atom. The predicted octanol–water partition coefficient (Wildman–Crippen LogP) is 0.745. The Balaban J connectivity index is 1.92. The topological polar surface area (TPSA) is 107 Å². The number of amides is 2. The van der Waals surface area contributed by atoms with Crippen molar-refractivity contribution in [2.75, 3.05) is 65.8 Å². The van der Waals surface area contributed by atoms with Crippen molar-refractivity contribution >= 4 is 33.4 Å². The van der Waals surface area contributed by atoms with Crippen molar-refractivity contribution in [2.24, 2.45) is 0 Å². The fraction of sp³-hybridized carbons (Fsp3) is 0.800. The maximum absolute atomic E-state index is 11.6. The predicted molar refractivity (Wildman–Crippen MR) is 124 cm³/mol. The number of nitrogens with one attached hydrogen (secondary N) is 3. The van der Waals surface area contributed by atoms with Gasteiger partial charge in [-0.3, -0.25) is 9.59 Å². The normalized spacial score (nSPS) is 18.1. The van der Waals surface area contributed by atoms with Crippen LogP contribution in [0.25, 0.3) is 0 Å². The third-order valence-electron chi connectivity index (χ3n) is 3.86. The third kappa shape index (κ3) is 16.3. The van der Waals surface area contributed by atoms with E-state index in [-0.39, 0.29) is 35.9 Å². The molecule has 1 rings (SSSR count). The van der Waals surface area contributed by atoms with E-state index in [1.807, 2.05) is 6.92 Å². The summed E-state index contributed by atoms with van der Waals surface area (Å²) in [6, 6.07) is 0. The molecule has 1 aliphatic rings. The van der Waals surface area contributed by atoms with Crippen LogP contribution in [0.4, 0.5) is 0 Å². The quantitative estimate of drug-likeness (QED) is 0.159. The van der Waals surface area contributed by atoms with Gasteiger partial charge < -0.3 is 34.9 Å². The van der Waals surface area contributed by atoms with E-state index in [0.717, 1.165) is 25.9 Å². The van der Waals surface area contributed by atoms with Crippen LogP contribution in [-0.4, -0.2) is 88.5 Å². The zero-order chi connectivity index (χ0) is 22.6. The lowest BCUT2D eigenvalue weighted by Gasteiger charge is -2.27. The van der Waals surface area contributed by atoms with Crippen LogP contribution in [0, 0.1) is 11.8 Å². The van der Waals surface area contributed by atoms with Crippen molar-refractivity contribution in [3.8, 4) is 11.8 Å². The molecule has 0 saturated carbocycles. The maximum atomic E-state index is 11.6. The number of carbonyl (C=O) groups excluding carboxylic acids is 2. The Labute approximate surface area is 193 Å². The molecule has 0 spiro atoms. The second-order valence-electron chi connectivity index (χ2n) is 6.38. The molecule has 3 N–H and O–H groups in total. The van der Waals surface area contributed by atoms with Gasteiger partial charge in [-0.15, -0.1) is 5.92 Å². The standard InChI is InChI=1S/C20H35N3O6S2/c1-3-5-8-22-17(24)15-26-11-13-28-19-6-7-20(31-30-19)29-14-12-27-16-18(25)23-10-9-21-4-2/h19-21H,4,6-16H2,1-2H3,(H,22,24)(H,23,25). The number of likely N-dealkylation sites (N-methyl/N-ethyl adjacent to an activating group) is 1. The molecular weight excluding hydrogens is 442 g/mol. The Kier molecular flexibility index (Phi) is 17.8. The second-order valence-corrected chi connectivity index (χ2v) is 8.97. The van der Waals surface area contributed by atoms with Gasteiger partial charge in [-0.1, -0.05) is 34.4 Å². The Morgan fingerprint density at radius 1 is 0.903 bits per heavy atom. The molecule has 2 amide bonds. The van der Waals surface area contributed by atoms with Crippen LogP contribution in [-0.2, 0) is 28.5 Å². The summed E-state index contributed by atoms with van der Waals surface area (Å²) in [5.74, 6) is 5.17. The minimum atomic E-state index is -0.181. The van der Waals surface area contributed by atoms with Gasteiger partial charge in [0.1, 0.15) is 24.1 Å². The lowest BCUT2D eigenvalue weighted by Crippen LogP contribution is -2.34. The van der Waals surface area contributed by atoms with Gasteiger partial charge in [0.15, 0.2) is 0 Å². The summed E-state index contributed by atoms with van der Waals surface area (Å²) >= 11 is 0. The van der Waals surface area contributed by atoms with Crippen molar-refractivity contribution in [2.45, 2.75) is 37.6 Å². The van der Waals surface area contributed by atoms with E-state index in [4.69, 9.17) is 18.9 Å². The van der Waals surface area contributed by atoms with E-state index < -0.39 is 0 Å². The average molecular weight is 478 g/mol. The highest BCUT2D eigenvalue weighted by molar-refractivity contribution is 8.77. The monoisotopic (exact) mass is 477 g/mol. The van der Waals surface area contributed by atoms with Crippen LogP contribution >= 0.6 is 21.6 Å². The van der Waals surface area contributed by atoms with Gasteiger partial charge in [0.2, 0.25) is 11.8 Å².